The molecule has 0 aromatic heterocycles. The van der Waals surface area contributed by atoms with Crippen LogP contribution in [0.25, 0.3) is 0 Å². The second-order valence-corrected chi connectivity index (χ2v) is 9.78. The van der Waals surface area contributed by atoms with Crippen molar-refractivity contribution in [1.82, 2.24) is 9.91 Å². The predicted octanol–water partition coefficient (Wildman–Crippen LogP) is 5.84. The van der Waals surface area contributed by atoms with Gasteiger partial charge in [-0.2, -0.15) is 5.10 Å². The lowest BCUT2D eigenvalue weighted by atomic mass is 9.90. The van der Waals surface area contributed by atoms with Gasteiger partial charge in [-0.25, -0.2) is 5.01 Å². The number of fused-ring (bicyclic) bond motifs is 4. The predicted molar refractivity (Wildman–Crippen MR) is 132 cm³/mol. The molecule has 3 aliphatic rings. The van der Waals surface area contributed by atoms with Crippen LogP contribution in [0.15, 0.2) is 77.9 Å². The summed E-state index contributed by atoms with van der Waals surface area (Å²) in [6.45, 7) is 7.36. The van der Waals surface area contributed by atoms with Crippen LogP contribution in [0.2, 0.25) is 0 Å². The van der Waals surface area contributed by atoms with Crippen molar-refractivity contribution in [2.45, 2.75) is 51.4 Å². The number of piperidine rings is 1. The maximum absolute atomic E-state index is 6.80. The number of hydrazone groups is 1. The highest BCUT2D eigenvalue weighted by molar-refractivity contribution is 6.03. The molecular formula is C29H31N3O. The zero-order chi connectivity index (χ0) is 22.4. The van der Waals surface area contributed by atoms with Crippen molar-refractivity contribution in [3.05, 3.63) is 101 Å². The Bertz CT molecular complexity index is 1190. The van der Waals surface area contributed by atoms with Gasteiger partial charge in [0.15, 0.2) is 0 Å². The SMILES string of the molecule is Cc1ccc(C)c(C2=NN3C(C2)c2ccccc2OC32CCN(Cc3ccccc3)CC2)c1. The van der Waals surface area contributed by atoms with E-state index in [1.165, 1.54) is 33.5 Å². The number of aryl methyl sites for hydroxylation is 2. The molecule has 1 saturated heterocycles. The fourth-order valence-electron chi connectivity index (χ4n) is 5.67. The Morgan fingerprint density at radius 3 is 2.52 bits per heavy atom. The number of nitrogens with zero attached hydrogens (tertiary/aromatic N) is 3. The van der Waals surface area contributed by atoms with Crippen LogP contribution in [-0.2, 0) is 6.54 Å². The maximum Gasteiger partial charge on any atom is 0.200 e. The molecule has 1 unspecified atom stereocenters. The molecular weight excluding hydrogens is 406 g/mol. The van der Waals surface area contributed by atoms with E-state index in [0.29, 0.717) is 0 Å². The van der Waals surface area contributed by atoms with Crippen LogP contribution in [0, 0.1) is 13.8 Å². The minimum Gasteiger partial charge on any atom is -0.466 e. The molecule has 0 amide bonds. The van der Waals surface area contributed by atoms with Gasteiger partial charge >= 0.3 is 0 Å². The van der Waals surface area contributed by atoms with E-state index >= 15 is 0 Å². The van der Waals surface area contributed by atoms with Crippen LogP contribution in [0.5, 0.6) is 5.75 Å². The summed E-state index contributed by atoms with van der Waals surface area (Å²) >= 11 is 0. The van der Waals surface area contributed by atoms with Gasteiger partial charge in [-0.1, -0.05) is 66.2 Å². The number of benzene rings is 3. The van der Waals surface area contributed by atoms with E-state index in [1.807, 2.05) is 0 Å². The monoisotopic (exact) mass is 437 g/mol. The van der Waals surface area contributed by atoms with Gasteiger partial charge in [0.1, 0.15) is 5.75 Å². The lowest BCUT2D eigenvalue weighted by Crippen LogP contribution is -2.59. The topological polar surface area (TPSA) is 28.1 Å². The van der Waals surface area contributed by atoms with Crippen LogP contribution in [0.3, 0.4) is 0 Å². The summed E-state index contributed by atoms with van der Waals surface area (Å²) in [5, 5.41) is 7.60. The molecule has 3 aromatic rings. The van der Waals surface area contributed by atoms with Gasteiger partial charge in [-0.05, 0) is 37.1 Å². The highest BCUT2D eigenvalue weighted by Gasteiger charge is 2.51. The van der Waals surface area contributed by atoms with Crippen molar-refractivity contribution in [3.8, 4) is 5.75 Å². The molecule has 1 spiro atoms. The Morgan fingerprint density at radius 2 is 1.70 bits per heavy atom. The number of likely N-dealkylation sites (tertiary alicyclic amines) is 1. The zero-order valence-corrected chi connectivity index (χ0v) is 19.5. The third-order valence-electron chi connectivity index (χ3n) is 7.50. The van der Waals surface area contributed by atoms with Crippen molar-refractivity contribution in [2.24, 2.45) is 5.10 Å². The molecule has 1 atom stereocenters. The molecule has 3 aromatic carbocycles. The molecule has 0 saturated carbocycles. The largest absolute Gasteiger partial charge is 0.466 e. The van der Waals surface area contributed by atoms with Gasteiger partial charge in [0, 0.05) is 50.0 Å². The first kappa shape index (κ1) is 20.5. The molecule has 0 bridgehead atoms. The first-order chi connectivity index (χ1) is 16.1. The van der Waals surface area contributed by atoms with Crippen LogP contribution < -0.4 is 4.74 Å². The summed E-state index contributed by atoms with van der Waals surface area (Å²) in [6, 6.07) is 26.3. The van der Waals surface area contributed by atoms with E-state index in [4.69, 9.17) is 9.84 Å². The van der Waals surface area contributed by atoms with Crippen LogP contribution >= 0.6 is 0 Å². The van der Waals surface area contributed by atoms with Gasteiger partial charge in [0.25, 0.3) is 0 Å². The van der Waals surface area contributed by atoms with Crippen molar-refractivity contribution in [1.29, 1.82) is 0 Å². The summed E-state index contributed by atoms with van der Waals surface area (Å²) in [6.07, 6.45) is 2.84. The quantitative estimate of drug-likeness (QED) is 0.515. The third-order valence-corrected chi connectivity index (χ3v) is 7.50. The van der Waals surface area contributed by atoms with Gasteiger partial charge in [0.2, 0.25) is 5.72 Å². The smallest absolute Gasteiger partial charge is 0.200 e. The van der Waals surface area contributed by atoms with Crippen LogP contribution in [0.1, 0.15) is 53.1 Å². The van der Waals surface area contributed by atoms with Gasteiger partial charge in [0.05, 0.1) is 11.8 Å². The number of rotatable bonds is 3. The summed E-state index contributed by atoms with van der Waals surface area (Å²) < 4.78 is 6.80. The first-order valence-corrected chi connectivity index (χ1v) is 12.1. The van der Waals surface area contributed by atoms with Crippen molar-refractivity contribution < 1.29 is 4.74 Å². The van der Waals surface area contributed by atoms with E-state index in [1.54, 1.807) is 0 Å². The molecule has 6 rings (SSSR count). The fraction of sp³-hybridized carbons (Fsp3) is 0.345. The van der Waals surface area contributed by atoms with E-state index in [-0.39, 0.29) is 11.8 Å². The molecule has 0 radical (unpaired) electrons. The second-order valence-electron chi connectivity index (χ2n) is 9.78. The fourth-order valence-corrected chi connectivity index (χ4v) is 5.67. The molecule has 1 fully saturated rings. The average molecular weight is 438 g/mol. The second kappa shape index (κ2) is 8.03. The summed E-state index contributed by atoms with van der Waals surface area (Å²) in [5.74, 6) is 1.03. The van der Waals surface area contributed by atoms with Crippen molar-refractivity contribution in [2.75, 3.05) is 13.1 Å². The number of hydrogen-bond donors (Lipinski definition) is 0. The molecule has 0 aliphatic carbocycles. The molecule has 168 valence electrons. The van der Waals surface area contributed by atoms with E-state index in [2.05, 4.69) is 96.6 Å². The average Bonchev–Trinajstić information content (AvgIpc) is 3.30. The standard InChI is InChI=1S/C29H31N3O/c1-21-12-13-22(2)25(18-21)26-19-27-24-10-6-7-11-28(24)33-29(32(27)30-26)14-16-31(17-15-29)20-23-8-4-3-5-9-23/h3-13,18,27H,14-17,19-20H2,1-2H3. The maximum atomic E-state index is 6.80. The van der Waals surface area contributed by atoms with E-state index in [0.717, 1.165) is 44.6 Å². The number of hydrogen-bond acceptors (Lipinski definition) is 4. The van der Waals surface area contributed by atoms with Gasteiger partial charge in [-0.15, -0.1) is 0 Å². The highest BCUT2D eigenvalue weighted by Crippen LogP contribution is 2.50. The molecule has 0 N–H and O–H groups in total. The summed E-state index contributed by atoms with van der Waals surface area (Å²) in [4.78, 5) is 2.55. The summed E-state index contributed by atoms with van der Waals surface area (Å²) in [7, 11) is 0. The van der Waals surface area contributed by atoms with Gasteiger partial charge in [-0.3, -0.25) is 4.90 Å². The Labute approximate surface area is 196 Å². The zero-order valence-electron chi connectivity index (χ0n) is 19.5. The Balaban J connectivity index is 1.32. The number of para-hydroxylation sites is 1. The minimum absolute atomic E-state index is 0.241. The number of ether oxygens (including phenoxy) is 1. The molecule has 4 heteroatoms. The highest BCUT2D eigenvalue weighted by atomic mass is 16.5. The minimum atomic E-state index is -0.369. The molecule has 3 aliphatic heterocycles. The van der Waals surface area contributed by atoms with Crippen molar-refractivity contribution >= 4 is 5.71 Å². The van der Waals surface area contributed by atoms with Crippen molar-refractivity contribution in [3.63, 3.8) is 0 Å². The Kier molecular flexibility index (Phi) is 4.99. The Morgan fingerprint density at radius 1 is 0.939 bits per heavy atom. The molecule has 4 nitrogen and oxygen atoms in total. The third kappa shape index (κ3) is 3.63. The first-order valence-electron chi connectivity index (χ1n) is 12.1. The van der Waals surface area contributed by atoms with Crippen LogP contribution in [-0.4, -0.2) is 34.4 Å². The van der Waals surface area contributed by atoms with Crippen LogP contribution in [0.4, 0.5) is 0 Å². The van der Waals surface area contributed by atoms with Gasteiger partial charge < -0.3 is 4.74 Å². The summed E-state index contributed by atoms with van der Waals surface area (Å²) in [5.41, 5.74) is 7.30. The lowest BCUT2D eigenvalue weighted by Gasteiger charge is -2.51. The lowest BCUT2D eigenvalue weighted by molar-refractivity contribution is -0.150. The normalized spacial score (nSPS) is 21.3. The Hall–Kier alpha value is -3.11. The molecule has 3 heterocycles. The molecule has 33 heavy (non-hydrogen) atoms. The van der Waals surface area contributed by atoms with E-state index < -0.39 is 0 Å². The van der Waals surface area contributed by atoms with E-state index in [9.17, 15) is 0 Å².